The monoisotopic (exact) mass is 306 g/mol. The van der Waals surface area contributed by atoms with Gasteiger partial charge in [0.15, 0.2) is 5.78 Å². The molecule has 0 aromatic heterocycles. The Morgan fingerprint density at radius 1 is 1.04 bits per heavy atom. The second kappa shape index (κ2) is 4.80. The molecular formula is C20H18O3. The van der Waals surface area contributed by atoms with Crippen molar-refractivity contribution in [3.8, 4) is 5.75 Å². The van der Waals surface area contributed by atoms with E-state index in [1.165, 1.54) is 0 Å². The maximum Gasteiger partial charge on any atom is 0.166 e. The van der Waals surface area contributed by atoms with E-state index in [4.69, 9.17) is 4.74 Å². The summed E-state index contributed by atoms with van der Waals surface area (Å²) in [5, 5.41) is 14.3. The van der Waals surface area contributed by atoms with Crippen molar-refractivity contribution in [2.45, 2.75) is 25.4 Å². The van der Waals surface area contributed by atoms with E-state index in [0.29, 0.717) is 6.42 Å². The first-order valence-electron chi connectivity index (χ1n) is 7.76. The molecule has 0 radical (unpaired) electrons. The molecule has 0 amide bonds. The highest BCUT2D eigenvalue weighted by Crippen LogP contribution is 2.36. The summed E-state index contributed by atoms with van der Waals surface area (Å²) in [4.78, 5) is 12.6. The zero-order chi connectivity index (χ0) is 16.2. The molecule has 0 aliphatic heterocycles. The Bertz CT molecular complexity index is 954. The molecule has 3 aromatic rings. The van der Waals surface area contributed by atoms with Crippen LogP contribution in [0.25, 0.3) is 21.5 Å². The molecule has 23 heavy (non-hydrogen) atoms. The first-order chi connectivity index (χ1) is 11.0. The second-order valence-electron chi connectivity index (χ2n) is 6.63. The van der Waals surface area contributed by atoms with Crippen LogP contribution in [-0.4, -0.2) is 23.6 Å². The summed E-state index contributed by atoms with van der Waals surface area (Å²) in [6.45, 7) is 1.73. The molecule has 0 saturated heterocycles. The molecule has 0 bridgehead atoms. The van der Waals surface area contributed by atoms with Crippen molar-refractivity contribution in [3.05, 3.63) is 53.6 Å². The third kappa shape index (κ3) is 2.20. The average Bonchev–Trinajstić information content (AvgIpc) is 2.50. The van der Waals surface area contributed by atoms with E-state index in [1.54, 1.807) is 14.0 Å². The number of hydrogen-bond donors (Lipinski definition) is 1. The van der Waals surface area contributed by atoms with Gasteiger partial charge >= 0.3 is 0 Å². The summed E-state index contributed by atoms with van der Waals surface area (Å²) in [6, 6.07) is 14.0. The molecule has 0 heterocycles. The molecule has 3 nitrogen and oxygen atoms in total. The van der Waals surface area contributed by atoms with Crippen LogP contribution in [0.1, 0.15) is 29.3 Å². The number of benzene rings is 3. The summed E-state index contributed by atoms with van der Waals surface area (Å²) in [5.74, 6) is 0.848. The Morgan fingerprint density at radius 3 is 2.57 bits per heavy atom. The maximum absolute atomic E-state index is 12.6. The Kier molecular flexibility index (Phi) is 2.97. The van der Waals surface area contributed by atoms with Crippen LogP contribution in [-0.2, 0) is 6.42 Å². The fourth-order valence-corrected chi connectivity index (χ4v) is 3.68. The topological polar surface area (TPSA) is 46.5 Å². The van der Waals surface area contributed by atoms with E-state index in [2.05, 4.69) is 12.1 Å². The quantitative estimate of drug-likeness (QED) is 0.694. The number of ether oxygens (including phenoxy) is 1. The first kappa shape index (κ1) is 14.2. The van der Waals surface area contributed by atoms with Gasteiger partial charge < -0.3 is 9.84 Å². The minimum absolute atomic E-state index is 0.0177. The lowest BCUT2D eigenvalue weighted by Crippen LogP contribution is -2.35. The number of Topliss-reactive ketones (excluding diaryl/α,β-unsaturated/α-hetero) is 1. The van der Waals surface area contributed by atoms with Crippen molar-refractivity contribution < 1.29 is 14.6 Å². The molecular weight excluding hydrogens is 288 g/mol. The van der Waals surface area contributed by atoms with Crippen LogP contribution in [0.4, 0.5) is 0 Å². The lowest BCUT2D eigenvalue weighted by atomic mass is 9.78. The lowest BCUT2D eigenvalue weighted by Gasteiger charge is -2.29. The van der Waals surface area contributed by atoms with Gasteiger partial charge in [0.1, 0.15) is 5.75 Å². The fraction of sp³-hybridized carbons (Fsp3) is 0.250. The molecule has 3 heteroatoms. The van der Waals surface area contributed by atoms with Crippen LogP contribution in [0.5, 0.6) is 5.75 Å². The van der Waals surface area contributed by atoms with Gasteiger partial charge in [0, 0.05) is 23.8 Å². The number of carbonyl (C=O) groups is 1. The molecule has 116 valence electrons. The molecule has 1 unspecified atom stereocenters. The summed E-state index contributed by atoms with van der Waals surface area (Å²) in [6.07, 6.45) is 0.690. The van der Waals surface area contributed by atoms with Gasteiger partial charge in [-0.2, -0.15) is 0 Å². The zero-order valence-corrected chi connectivity index (χ0v) is 13.2. The number of methoxy groups -OCH3 is 1. The van der Waals surface area contributed by atoms with Gasteiger partial charge in [0.25, 0.3) is 0 Å². The van der Waals surface area contributed by atoms with Crippen molar-refractivity contribution in [1.29, 1.82) is 0 Å². The number of fused-ring (bicyclic) bond motifs is 4. The van der Waals surface area contributed by atoms with Crippen LogP contribution < -0.4 is 4.74 Å². The molecule has 1 aliphatic carbocycles. The predicted molar refractivity (Wildman–Crippen MR) is 91.3 cm³/mol. The number of carbonyl (C=O) groups excluding carboxylic acids is 1. The molecule has 1 atom stereocenters. The highest BCUT2D eigenvalue weighted by atomic mass is 16.5. The Hall–Kier alpha value is -2.39. The lowest BCUT2D eigenvalue weighted by molar-refractivity contribution is 0.0413. The second-order valence-corrected chi connectivity index (χ2v) is 6.63. The normalized spacial score (nSPS) is 20.7. The van der Waals surface area contributed by atoms with Gasteiger partial charge in [0.2, 0.25) is 0 Å². The molecule has 3 aromatic carbocycles. The SMILES string of the molecule is COc1cccc2cc3c4c(ccc3cc12)CC(C)(O)CC4=O. The number of ketones is 1. The molecule has 0 saturated carbocycles. The van der Waals surface area contributed by atoms with Gasteiger partial charge in [-0.15, -0.1) is 0 Å². The van der Waals surface area contributed by atoms with E-state index in [1.807, 2.05) is 30.3 Å². The van der Waals surface area contributed by atoms with Crippen molar-refractivity contribution in [2.24, 2.45) is 0 Å². The van der Waals surface area contributed by atoms with Crippen molar-refractivity contribution in [1.82, 2.24) is 0 Å². The van der Waals surface area contributed by atoms with Gasteiger partial charge in [-0.1, -0.05) is 24.3 Å². The standard InChI is InChI=1S/C20H18O3/c1-20(22)10-14-7-6-13-8-15-12(4-3-5-18(15)23-2)9-16(13)19(14)17(21)11-20/h3-9,22H,10-11H2,1-2H3. The Morgan fingerprint density at radius 2 is 1.78 bits per heavy atom. The van der Waals surface area contributed by atoms with Gasteiger partial charge in [-0.05, 0) is 46.8 Å². The predicted octanol–water partition coefficient (Wildman–Crippen LogP) is 3.88. The molecule has 0 spiro atoms. The number of aliphatic hydroxyl groups is 1. The van der Waals surface area contributed by atoms with Crippen molar-refractivity contribution in [2.75, 3.05) is 7.11 Å². The first-order valence-corrected chi connectivity index (χ1v) is 7.76. The van der Waals surface area contributed by atoms with Crippen LogP contribution in [0, 0.1) is 0 Å². The van der Waals surface area contributed by atoms with Crippen molar-refractivity contribution >= 4 is 27.3 Å². The summed E-state index contributed by atoms with van der Waals surface area (Å²) in [7, 11) is 1.66. The van der Waals surface area contributed by atoms with E-state index in [0.717, 1.165) is 38.4 Å². The number of rotatable bonds is 1. The summed E-state index contributed by atoms with van der Waals surface area (Å²) >= 11 is 0. The zero-order valence-electron chi connectivity index (χ0n) is 13.2. The Labute approximate surface area is 134 Å². The highest BCUT2D eigenvalue weighted by molar-refractivity contribution is 6.14. The number of hydrogen-bond acceptors (Lipinski definition) is 3. The van der Waals surface area contributed by atoms with E-state index >= 15 is 0 Å². The largest absolute Gasteiger partial charge is 0.496 e. The Balaban J connectivity index is 2.05. The van der Waals surface area contributed by atoms with Crippen LogP contribution in [0.3, 0.4) is 0 Å². The third-order valence-electron chi connectivity index (χ3n) is 4.68. The average molecular weight is 306 g/mol. The third-order valence-corrected chi connectivity index (χ3v) is 4.68. The minimum atomic E-state index is -0.947. The summed E-state index contributed by atoms with van der Waals surface area (Å²) in [5.41, 5.74) is 0.748. The van der Waals surface area contributed by atoms with Crippen molar-refractivity contribution in [3.63, 3.8) is 0 Å². The highest BCUT2D eigenvalue weighted by Gasteiger charge is 2.33. The van der Waals surface area contributed by atoms with Crippen LogP contribution in [0.15, 0.2) is 42.5 Å². The van der Waals surface area contributed by atoms with Gasteiger partial charge in [-0.25, -0.2) is 0 Å². The van der Waals surface area contributed by atoms with E-state index in [9.17, 15) is 9.90 Å². The smallest absolute Gasteiger partial charge is 0.166 e. The van der Waals surface area contributed by atoms with E-state index < -0.39 is 5.60 Å². The van der Waals surface area contributed by atoms with Crippen LogP contribution in [0.2, 0.25) is 0 Å². The molecule has 4 rings (SSSR count). The summed E-state index contributed by atoms with van der Waals surface area (Å²) < 4.78 is 5.44. The van der Waals surface area contributed by atoms with Gasteiger partial charge in [-0.3, -0.25) is 4.79 Å². The molecule has 1 aliphatic rings. The molecule has 0 fully saturated rings. The van der Waals surface area contributed by atoms with Gasteiger partial charge in [0.05, 0.1) is 12.7 Å². The van der Waals surface area contributed by atoms with Crippen LogP contribution >= 0.6 is 0 Å². The van der Waals surface area contributed by atoms with E-state index in [-0.39, 0.29) is 12.2 Å². The maximum atomic E-state index is 12.6. The fourth-order valence-electron chi connectivity index (χ4n) is 3.68. The minimum Gasteiger partial charge on any atom is -0.496 e. The molecule has 1 N–H and O–H groups in total.